The molecule has 0 aromatic heterocycles. The van der Waals surface area contributed by atoms with E-state index < -0.39 is 17.9 Å². The van der Waals surface area contributed by atoms with Crippen molar-refractivity contribution in [3.63, 3.8) is 0 Å². The second kappa shape index (κ2) is 9.23. The minimum Gasteiger partial charge on any atom is -0.509 e. The van der Waals surface area contributed by atoms with E-state index in [9.17, 15) is 14.7 Å². The van der Waals surface area contributed by atoms with Gasteiger partial charge in [-0.05, 0) is 39.4 Å². The van der Waals surface area contributed by atoms with Crippen LogP contribution in [-0.4, -0.2) is 64.6 Å². The molecule has 3 rings (SSSR count). The maximum Gasteiger partial charge on any atom is 0.325 e. The maximum atomic E-state index is 12.7. The smallest absolute Gasteiger partial charge is 0.325 e. The summed E-state index contributed by atoms with van der Waals surface area (Å²) >= 11 is 2.78. The molecule has 2 atom stereocenters. The first-order valence-corrected chi connectivity index (χ1v) is 11.3. The fourth-order valence-electron chi connectivity index (χ4n) is 3.54. The Bertz CT molecular complexity index is 750. The first-order valence-electron chi connectivity index (χ1n) is 9.33. The molecule has 8 nitrogen and oxygen atoms in total. The quantitative estimate of drug-likeness (QED) is 0.492. The number of fused-ring (bicyclic) bond motifs is 2. The largest absolute Gasteiger partial charge is 0.509 e. The number of rotatable bonds is 6. The predicted molar refractivity (Wildman–Crippen MR) is 110 cm³/mol. The lowest BCUT2D eigenvalue weighted by Gasteiger charge is -2.32. The van der Waals surface area contributed by atoms with Crippen LogP contribution in [0.25, 0.3) is 0 Å². The summed E-state index contributed by atoms with van der Waals surface area (Å²) in [7, 11) is 0. The third-order valence-electron chi connectivity index (χ3n) is 4.66. The third kappa shape index (κ3) is 4.04. The van der Waals surface area contributed by atoms with Gasteiger partial charge in [-0.3, -0.25) is 9.59 Å². The number of hydrazone groups is 1. The molecule has 0 fully saturated rings. The van der Waals surface area contributed by atoms with Gasteiger partial charge in [-0.1, -0.05) is 0 Å². The zero-order valence-corrected chi connectivity index (χ0v) is 17.8. The van der Waals surface area contributed by atoms with Gasteiger partial charge in [-0.25, -0.2) is 4.41 Å². The lowest BCUT2D eigenvalue weighted by molar-refractivity contribution is -0.143. The highest BCUT2D eigenvalue weighted by Gasteiger charge is 2.46. The molecule has 0 aromatic carbocycles. The summed E-state index contributed by atoms with van der Waals surface area (Å²) in [6.07, 6.45) is 4.52. The Morgan fingerprint density at radius 3 is 2.86 bits per heavy atom. The lowest BCUT2D eigenvalue weighted by atomic mass is 9.88. The minimum atomic E-state index is -0.541. The van der Waals surface area contributed by atoms with Gasteiger partial charge in [0.15, 0.2) is 0 Å². The van der Waals surface area contributed by atoms with Crippen molar-refractivity contribution in [3.05, 3.63) is 21.8 Å². The number of aliphatic hydroxyl groups is 1. The number of thioether (sulfide) groups is 1. The number of allylic oxidation sites excluding steroid dienone is 1. The molecule has 28 heavy (non-hydrogen) atoms. The number of esters is 1. The summed E-state index contributed by atoms with van der Waals surface area (Å²) in [4.78, 5) is 25.5. The highest BCUT2D eigenvalue weighted by atomic mass is 32.2. The minimum absolute atomic E-state index is 0.0511. The van der Waals surface area contributed by atoms with E-state index in [4.69, 9.17) is 9.47 Å². The van der Waals surface area contributed by atoms with Gasteiger partial charge < -0.3 is 19.9 Å². The first kappa shape index (κ1) is 21.1. The molecule has 2 aliphatic heterocycles. The van der Waals surface area contributed by atoms with Crippen LogP contribution in [-0.2, 0) is 19.1 Å². The van der Waals surface area contributed by atoms with Crippen molar-refractivity contribution in [1.29, 1.82) is 0 Å². The van der Waals surface area contributed by atoms with Crippen molar-refractivity contribution in [2.24, 2.45) is 5.10 Å². The molecule has 0 saturated heterocycles. The van der Waals surface area contributed by atoms with E-state index in [1.54, 1.807) is 17.6 Å². The molecule has 0 saturated carbocycles. The van der Waals surface area contributed by atoms with E-state index in [2.05, 4.69) is 10.4 Å². The van der Waals surface area contributed by atoms with Gasteiger partial charge in [0.2, 0.25) is 0 Å². The summed E-state index contributed by atoms with van der Waals surface area (Å²) < 4.78 is 12.5. The summed E-state index contributed by atoms with van der Waals surface area (Å²) in [5, 5.41) is 18.6. The summed E-state index contributed by atoms with van der Waals surface area (Å²) in [5.41, 5.74) is 1.10. The number of ether oxygens (including phenoxy) is 2. The van der Waals surface area contributed by atoms with Gasteiger partial charge in [0.05, 0.1) is 12.7 Å². The molecule has 2 heterocycles. The molecular weight excluding hydrogens is 402 g/mol. The molecule has 3 aliphatic rings. The second-order valence-corrected chi connectivity index (χ2v) is 8.21. The second-order valence-electron chi connectivity index (χ2n) is 6.37. The normalized spacial score (nSPS) is 24.0. The zero-order chi connectivity index (χ0) is 20.3. The lowest BCUT2D eigenvalue weighted by Crippen LogP contribution is -2.41. The number of aliphatic hydroxyl groups excluding tert-OH is 1. The van der Waals surface area contributed by atoms with Gasteiger partial charge in [-0.2, -0.15) is 5.10 Å². The average Bonchev–Trinajstić information content (AvgIpc) is 3.06. The summed E-state index contributed by atoms with van der Waals surface area (Å²) in [6.45, 7) is 4.21. The molecule has 154 valence electrons. The summed E-state index contributed by atoms with van der Waals surface area (Å²) in [5.74, 6) is -1.12. The number of hydrogen-bond donors (Lipinski definition) is 2. The van der Waals surface area contributed by atoms with Crippen LogP contribution < -0.4 is 5.32 Å². The van der Waals surface area contributed by atoms with Crippen molar-refractivity contribution in [1.82, 2.24) is 9.73 Å². The Kier molecular flexibility index (Phi) is 6.95. The van der Waals surface area contributed by atoms with Crippen molar-refractivity contribution in [3.8, 4) is 0 Å². The Labute approximate surface area is 172 Å². The molecule has 1 aliphatic carbocycles. The number of amides is 1. The van der Waals surface area contributed by atoms with Crippen LogP contribution in [0, 0.1) is 0 Å². The van der Waals surface area contributed by atoms with Crippen LogP contribution >= 0.6 is 23.7 Å². The Morgan fingerprint density at radius 2 is 2.18 bits per heavy atom. The van der Waals surface area contributed by atoms with E-state index in [0.29, 0.717) is 11.7 Å². The number of hydrogen-bond acceptors (Lipinski definition) is 9. The van der Waals surface area contributed by atoms with Crippen molar-refractivity contribution in [2.75, 3.05) is 26.0 Å². The van der Waals surface area contributed by atoms with Crippen molar-refractivity contribution < 1.29 is 24.2 Å². The van der Waals surface area contributed by atoms with Crippen LogP contribution in [0.2, 0.25) is 0 Å². The van der Waals surface area contributed by atoms with Crippen molar-refractivity contribution in [2.45, 2.75) is 45.3 Å². The molecule has 10 heteroatoms. The molecular formula is C18H25N3O5S2. The van der Waals surface area contributed by atoms with Crippen LogP contribution in [0.1, 0.15) is 33.1 Å². The summed E-state index contributed by atoms with van der Waals surface area (Å²) in [6, 6.07) is -0.518. The Hall–Kier alpha value is -1.65. The van der Waals surface area contributed by atoms with Gasteiger partial charge in [-0.15, -0.1) is 11.8 Å². The molecule has 2 unspecified atom stereocenters. The van der Waals surface area contributed by atoms with E-state index in [-0.39, 0.29) is 30.6 Å². The number of nitrogens with zero attached hydrogens (tertiary/aromatic N) is 2. The molecule has 0 spiro atoms. The molecule has 0 aromatic rings. The van der Waals surface area contributed by atoms with Gasteiger partial charge in [0, 0.05) is 29.0 Å². The van der Waals surface area contributed by atoms with Crippen LogP contribution in [0.5, 0.6) is 0 Å². The molecule has 1 amide bonds. The Balaban J connectivity index is 1.89. The van der Waals surface area contributed by atoms with E-state index >= 15 is 0 Å². The average molecular weight is 428 g/mol. The number of nitrogens with one attached hydrogen (secondary N) is 1. The topological polar surface area (TPSA) is 100 Å². The van der Waals surface area contributed by atoms with Gasteiger partial charge >= 0.3 is 5.97 Å². The molecule has 0 radical (unpaired) electrons. The first-order chi connectivity index (χ1) is 13.5. The zero-order valence-electron chi connectivity index (χ0n) is 16.2. The van der Waals surface area contributed by atoms with E-state index in [1.165, 1.54) is 23.7 Å². The van der Waals surface area contributed by atoms with Crippen LogP contribution in [0.15, 0.2) is 26.9 Å². The molecule has 0 bridgehead atoms. The van der Waals surface area contributed by atoms with Crippen molar-refractivity contribution >= 4 is 40.6 Å². The number of carbonyl (C=O) groups is 2. The third-order valence-corrected chi connectivity index (χ3v) is 6.48. The van der Waals surface area contributed by atoms with E-state index in [0.717, 1.165) is 29.7 Å². The SMILES string of the molecule is CCOC(=O)CNC(=O)C1=C(O)C2C3=C(CCCC3OCC)SN2N=C1SC. The molecule has 2 N–H and O–H groups in total. The van der Waals surface area contributed by atoms with Gasteiger partial charge in [0.1, 0.15) is 29.0 Å². The monoisotopic (exact) mass is 427 g/mol. The van der Waals surface area contributed by atoms with Crippen LogP contribution in [0.4, 0.5) is 0 Å². The predicted octanol–water partition coefficient (Wildman–Crippen LogP) is 2.34. The fourth-order valence-corrected chi connectivity index (χ4v) is 5.41. The Morgan fingerprint density at radius 1 is 1.39 bits per heavy atom. The standard InChI is InChI=1S/C18H25N3O5S2/c1-4-25-10-7-6-8-11-13(10)15-16(23)14(18(27-3)20-21(15)28-11)17(24)19-9-12(22)26-5-2/h10,15,23H,4-9H2,1-3H3,(H,19,24). The van der Waals surface area contributed by atoms with E-state index in [1.807, 2.05) is 6.92 Å². The highest BCUT2D eigenvalue weighted by Crippen LogP contribution is 2.50. The fraction of sp³-hybridized carbons (Fsp3) is 0.611. The van der Waals surface area contributed by atoms with Gasteiger partial charge in [0.25, 0.3) is 5.91 Å². The number of carbonyl (C=O) groups excluding carboxylic acids is 2. The van der Waals surface area contributed by atoms with Crippen LogP contribution in [0.3, 0.4) is 0 Å². The highest BCUT2D eigenvalue weighted by molar-refractivity contribution is 8.14. The maximum absolute atomic E-state index is 12.7.